The van der Waals surface area contributed by atoms with E-state index in [0.29, 0.717) is 58.4 Å². The van der Waals surface area contributed by atoms with Crippen molar-refractivity contribution in [2.75, 3.05) is 37.2 Å². The first-order valence-corrected chi connectivity index (χ1v) is 16.9. The molecule has 0 fully saturated rings. The number of carbonyl (C=O) groups is 4. The fourth-order valence-electron chi connectivity index (χ4n) is 5.10. The molecule has 0 spiro atoms. The number of fused-ring (bicyclic) bond motifs is 1. The van der Waals surface area contributed by atoms with Gasteiger partial charge in [-0.1, -0.05) is 30.3 Å². The van der Waals surface area contributed by atoms with Crippen molar-refractivity contribution in [3.05, 3.63) is 106 Å². The van der Waals surface area contributed by atoms with Crippen molar-refractivity contribution in [1.82, 2.24) is 10.2 Å². The fraction of sp³-hybridized carbons (Fsp3) is 0.194. The minimum Gasteiger partial charge on any atom is -0.493 e. The molecule has 250 valence electrons. The van der Waals surface area contributed by atoms with E-state index >= 15 is 0 Å². The van der Waals surface area contributed by atoms with E-state index in [1.165, 1.54) is 50.3 Å². The fourth-order valence-corrected chi connectivity index (χ4v) is 7.09. The van der Waals surface area contributed by atoms with Crippen LogP contribution in [0.1, 0.15) is 38.8 Å². The number of anilines is 2. The molecule has 5 rings (SSSR count). The Labute approximate surface area is 291 Å². The number of methoxy groups -OCH3 is 2. The van der Waals surface area contributed by atoms with Crippen molar-refractivity contribution >= 4 is 63.5 Å². The maximum Gasteiger partial charge on any atom is 0.272 e. The number of amides is 4. The van der Waals surface area contributed by atoms with E-state index in [-0.39, 0.29) is 23.3 Å². The Morgan fingerprint density at radius 3 is 2.47 bits per heavy atom. The molecule has 0 saturated carbocycles. The summed E-state index contributed by atoms with van der Waals surface area (Å²) in [5.74, 6) is -0.304. The van der Waals surface area contributed by atoms with Crippen molar-refractivity contribution in [1.29, 1.82) is 5.26 Å². The number of thioether (sulfide) groups is 1. The van der Waals surface area contributed by atoms with Crippen LogP contribution in [0.4, 0.5) is 10.7 Å². The standard InChI is InChI=1S/C36H33N5O6S2/c1-22(42)41-15-14-27-28(19-37)36(49-32(27)20-41)40-33(43)21-48-26-11-7-10-25(18-26)38-35(45)29(39-34(44)24-8-5-4-6-9-24)16-23-12-13-30(46-2)31(17-23)47-3/h4-13,16-18H,14-15,20-21H2,1-3H3,(H,38,45)(H,39,44)(H,40,43)/b29-16+. The average molecular weight is 696 g/mol. The Hall–Kier alpha value is -5.58. The first-order chi connectivity index (χ1) is 23.7. The van der Waals surface area contributed by atoms with Crippen LogP contribution in [0.5, 0.6) is 11.5 Å². The molecule has 1 aliphatic rings. The van der Waals surface area contributed by atoms with Crippen LogP contribution in [0, 0.1) is 11.3 Å². The summed E-state index contributed by atoms with van der Waals surface area (Å²) < 4.78 is 10.7. The Bertz CT molecular complexity index is 1970. The lowest BCUT2D eigenvalue weighted by atomic mass is 10.0. The Kier molecular flexibility index (Phi) is 11.4. The number of ether oxygens (including phenoxy) is 2. The van der Waals surface area contributed by atoms with Gasteiger partial charge in [0.05, 0.1) is 32.1 Å². The number of thiophene rings is 1. The van der Waals surface area contributed by atoms with Gasteiger partial charge in [0.1, 0.15) is 16.8 Å². The second-order valence-corrected chi connectivity index (χ2v) is 13.0. The van der Waals surface area contributed by atoms with E-state index in [2.05, 4.69) is 22.0 Å². The van der Waals surface area contributed by atoms with Gasteiger partial charge >= 0.3 is 0 Å². The lowest BCUT2D eigenvalue weighted by molar-refractivity contribution is -0.129. The quantitative estimate of drug-likeness (QED) is 0.134. The predicted octanol–water partition coefficient (Wildman–Crippen LogP) is 5.68. The number of hydrogen-bond acceptors (Lipinski definition) is 9. The third kappa shape index (κ3) is 8.67. The number of hydrogen-bond donors (Lipinski definition) is 3. The van der Waals surface area contributed by atoms with Crippen LogP contribution in [0.2, 0.25) is 0 Å². The molecule has 1 aliphatic heterocycles. The van der Waals surface area contributed by atoms with Crippen LogP contribution in [0.25, 0.3) is 6.08 Å². The predicted molar refractivity (Wildman–Crippen MR) is 190 cm³/mol. The number of carbonyl (C=O) groups excluding carboxylic acids is 4. The van der Waals surface area contributed by atoms with Gasteiger partial charge in [0.2, 0.25) is 11.8 Å². The molecule has 2 heterocycles. The molecular formula is C36H33N5O6S2. The van der Waals surface area contributed by atoms with Crippen LogP contribution >= 0.6 is 23.1 Å². The Morgan fingerprint density at radius 1 is 0.980 bits per heavy atom. The summed E-state index contributed by atoms with van der Waals surface area (Å²) in [6.07, 6.45) is 2.11. The third-order valence-corrected chi connectivity index (χ3v) is 9.70. The van der Waals surface area contributed by atoms with Gasteiger partial charge in [-0.05, 0) is 66.1 Å². The maximum absolute atomic E-state index is 13.6. The van der Waals surface area contributed by atoms with Crippen molar-refractivity contribution in [2.45, 2.75) is 24.8 Å². The molecule has 49 heavy (non-hydrogen) atoms. The Balaban J connectivity index is 1.28. The smallest absolute Gasteiger partial charge is 0.272 e. The van der Waals surface area contributed by atoms with Gasteiger partial charge in [-0.25, -0.2) is 0 Å². The first kappa shape index (κ1) is 34.7. The molecule has 0 saturated heterocycles. The van der Waals surface area contributed by atoms with Crippen LogP contribution in [-0.2, 0) is 27.3 Å². The van der Waals surface area contributed by atoms with Gasteiger partial charge in [-0.2, -0.15) is 5.26 Å². The van der Waals surface area contributed by atoms with E-state index in [1.54, 1.807) is 71.6 Å². The molecule has 3 aromatic carbocycles. The zero-order valence-corrected chi connectivity index (χ0v) is 28.6. The number of nitrogens with zero attached hydrogens (tertiary/aromatic N) is 2. The number of rotatable bonds is 11. The highest BCUT2D eigenvalue weighted by molar-refractivity contribution is 8.00. The lowest BCUT2D eigenvalue weighted by Crippen LogP contribution is -2.33. The SMILES string of the molecule is COc1ccc(/C=C(/NC(=O)c2ccccc2)C(=O)Nc2cccc(SCC(=O)Nc3sc4c(c3C#N)CCN(C(C)=O)C4)c2)cc1OC. The summed E-state index contributed by atoms with van der Waals surface area (Å²) in [4.78, 5) is 54.7. The summed E-state index contributed by atoms with van der Waals surface area (Å²) in [7, 11) is 3.03. The van der Waals surface area contributed by atoms with Gasteiger partial charge in [0.15, 0.2) is 11.5 Å². The van der Waals surface area contributed by atoms with E-state index in [9.17, 15) is 24.4 Å². The summed E-state index contributed by atoms with van der Waals surface area (Å²) >= 11 is 2.59. The molecule has 13 heteroatoms. The monoisotopic (exact) mass is 695 g/mol. The summed E-state index contributed by atoms with van der Waals surface area (Å²) in [5.41, 5.74) is 2.76. The maximum atomic E-state index is 13.6. The second-order valence-electron chi connectivity index (χ2n) is 10.8. The number of nitriles is 1. The number of nitrogens with one attached hydrogen (secondary N) is 3. The Morgan fingerprint density at radius 2 is 1.76 bits per heavy atom. The van der Waals surface area contributed by atoms with Crippen LogP contribution in [0.3, 0.4) is 0 Å². The summed E-state index contributed by atoms with van der Waals surface area (Å²) in [6, 6.07) is 22.9. The minimum atomic E-state index is -0.562. The van der Waals surface area contributed by atoms with Crippen molar-refractivity contribution in [2.24, 2.45) is 0 Å². The van der Waals surface area contributed by atoms with Crippen LogP contribution in [0.15, 0.2) is 83.4 Å². The first-order valence-electron chi connectivity index (χ1n) is 15.1. The van der Waals surface area contributed by atoms with Crippen LogP contribution < -0.4 is 25.4 Å². The molecule has 0 aliphatic carbocycles. The van der Waals surface area contributed by atoms with Gasteiger partial charge < -0.3 is 30.3 Å². The van der Waals surface area contributed by atoms with Gasteiger partial charge in [-0.3, -0.25) is 19.2 Å². The van der Waals surface area contributed by atoms with E-state index < -0.39 is 11.8 Å². The second kappa shape index (κ2) is 16.0. The van der Waals surface area contributed by atoms with Crippen LogP contribution in [-0.4, -0.2) is 55.0 Å². The highest BCUT2D eigenvalue weighted by Crippen LogP contribution is 2.37. The average Bonchev–Trinajstić information content (AvgIpc) is 3.46. The molecule has 4 aromatic rings. The summed E-state index contributed by atoms with van der Waals surface area (Å²) in [5, 5.41) is 18.7. The van der Waals surface area contributed by atoms with Gasteiger partial charge in [-0.15, -0.1) is 23.1 Å². The van der Waals surface area contributed by atoms with Crippen molar-refractivity contribution in [3.8, 4) is 17.6 Å². The normalized spacial score (nSPS) is 12.3. The third-order valence-electron chi connectivity index (χ3n) is 7.58. The molecule has 3 N–H and O–H groups in total. The molecular weight excluding hydrogens is 663 g/mol. The van der Waals surface area contributed by atoms with Crippen molar-refractivity contribution in [3.63, 3.8) is 0 Å². The molecule has 0 atom stereocenters. The molecule has 11 nitrogen and oxygen atoms in total. The summed E-state index contributed by atoms with van der Waals surface area (Å²) in [6.45, 7) is 2.48. The zero-order valence-electron chi connectivity index (χ0n) is 27.0. The van der Waals surface area contributed by atoms with Gasteiger partial charge in [0.25, 0.3) is 11.8 Å². The zero-order chi connectivity index (χ0) is 34.9. The van der Waals surface area contributed by atoms with E-state index in [1.807, 2.05) is 6.07 Å². The topological polar surface area (TPSA) is 150 Å². The lowest BCUT2D eigenvalue weighted by Gasteiger charge is -2.25. The van der Waals surface area contributed by atoms with Crippen molar-refractivity contribution < 1.29 is 28.7 Å². The van der Waals surface area contributed by atoms with E-state index in [4.69, 9.17) is 9.47 Å². The largest absolute Gasteiger partial charge is 0.493 e. The van der Waals surface area contributed by atoms with E-state index in [0.717, 1.165) is 15.3 Å². The molecule has 0 bridgehead atoms. The molecule has 1 aromatic heterocycles. The molecule has 4 amide bonds. The molecule has 0 unspecified atom stereocenters. The van der Waals surface area contributed by atoms with Gasteiger partial charge in [0, 0.05) is 34.5 Å². The highest BCUT2D eigenvalue weighted by atomic mass is 32.2. The molecule has 0 radical (unpaired) electrons. The number of benzene rings is 3. The minimum absolute atomic E-state index is 0.00290. The highest BCUT2D eigenvalue weighted by Gasteiger charge is 2.26.